The van der Waals surface area contributed by atoms with E-state index < -0.39 is 0 Å². The van der Waals surface area contributed by atoms with Crippen molar-refractivity contribution in [1.29, 1.82) is 0 Å². The SMILES string of the molecule is CCC(NC(=O)CSc1nnc(-c2ccc(Cl)cc2)n1CC)c1ccc(Cl)cc1. The van der Waals surface area contributed by atoms with Crippen LogP contribution in [-0.4, -0.2) is 26.4 Å². The number of amides is 1. The third-order valence-corrected chi connectivity index (χ3v) is 5.95. The molecule has 1 aromatic heterocycles. The molecule has 8 heteroatoms. The highest BCUT2D eigenvalue weighted by atomic mass is 35.5. The summed E-state index contributed by atoms with van der Waals surface area (Å²) in [6.07, 6.45) is 0.796. The lowest BCUT2D eigenvalue weighted by molar-refractivity contribution is -0.119. The van der Waals surface area contributed by atoms with Gasteiger partial charge in [-0.15, -0.1) is 10.2 Å². The smallest absolute Gasteiger partial charge is 0.230 e. The zero-order valence-electron chi connectivity index (χ0n) is 16.2. The van der Waals surface area contributed by atoms with E-state index in [1.54, 1.807) is 0 Å². The maximum Gasteiger partial charge on any atom is 0.230 e. The highest BCUT2D eigenvalue weighted by Gasteiger charge is 2.17. The molecule has 1 atom stereocenters. The second kappa shape index (κ2) is 10.1. The average molecular weight is 449 g/mol. The number of hydrogen-bond acceptors (Lipinski definition) is 4. The molecule has 0 aliphatic rings. The third kappa shape index (κ3) is 5.53. The van der Waals surface area contributed by atoms with Crippen LogP contribution in [0.4, 0.5) is 0 Å². The number of aromatic nitrogens is 3. The molecule has 0 saturated carbocycles. The van der Waals surface area contributed by atoms with E-state index in [4.69, 9.17) is 23.2 Å². The van der Waals surface area contributed by atoms with Crippen molar-refractivity contribution < 1.29 is 4.79 Å². The normalized spacial score (nSPS) is 12.0. The van der Waals surface area contributed by atoms with Gasteiger partial charge < -0.3 is 9.88 Å². The Labute approximate surface area is 184 Å². The molecule has 0 radical (unpaired) electrons. The Hall–Kier alpha value is -2.02. The molecule has 0 aliphatic heterocycles. The lowest BCUT2D eigenvalue weighted by Crippen LogP contribution is -2.29. The van der Waals surface area contributed by atoms with E-state index in [0.717, 1.165) is 23.4 Å². The van der Waals surface area contributed by atoms with Gasteiger partial charge in [-0.2, -0.15) is 0 Å². The molecule has 0 aliphatic carbocycles. The number of nitrogens with one attached hydrogen (secondary N) is 1. The second-order valence-corrected chi connectivity index (χ2v) is 8.24. The minimum Gasteiger partial charge on any atom is -0.349 e. The molecule has 3 rings (SSSR count). The van der Waals surface area contributed by atoms with Crippen molar-refractivity contribution in [2.24, 2.45) is 0 Å². The van der Waals surface area contributed by atoms with Gasteiger partial charge in [0.05, 0.1) is 11.8 Å². The fraction of sp³-hybridized carbons (Fsp3) is 0.286. The Kier molecular flexibility index (Phi) is 7.58. The van der Waals surface area contributed by atoms with Crippen LogP contribution in [0.3, 0.4) is 0 Å². The minimum atomic E-state index is -0.0472. The van der Waals surface area contributed by atoms with E-state index in [1.165, 1.54) is 11.8 Å². The maximum absolute atomic E-state index is 12.5. The Balaban J connectivity index is 1.65. The monoisotopic (exact) mass is 448 g/mol. The van der Waals surface area contributed by atoms with Crippen LogP contribution in [-0.2, 0) is 11.3 Å². The first-order valence-corrected chi connectivity index (χ1v) is 11.1. The molecule has 0 spiro atoms. The Morgan fingerprint density at radius 1 is 1.03 bits per heavy atom. The van der Waals surface area contributed by atoms with Crippen molar-refractivity contribution in [2.45, 2.75) is 38.0 Å². The standard InChI is InChI=1S/C21H22Cl2N4OS/c1-3-18(14-5-9-16(22)10-6-14)24-19(28)13-29-21-26-25-20(27(21)4-2)15-7-11-17(23)12-8-15/h5-12,18H,3-4,13H2,1-2H3,(H,24,28). The molecule has 29 heavy (non-hydrogen) atoms. The van der Waals surface area contributed by atoms with Crippen LogP contribution in [0.1, 0.15) is 31.9 Å². The molecule has 0 fully saturated rings. The summed E-state index contributed by atoms with van der Waals surface area (Å²) in [5, 5.41) is 13.7. The molecule has 152 valence electrons. The highest BCUT2D eigenvalue weighted by Crippen LogP contribution is 2.25. The van der Waals surface area contributed by atoms with Gasteiger partial charge in [-0.3, -0.25) is 4.79 Å². The number of benzene rings is 2. The Bertz CT molecular complexity index is 958. The van der Waals surface area contributed by atoms with Gasteiger partial charge in [-0.1, -0.05) is 54.0 Å². The van der Waals surface area contributed by atoms with Gasteiger partial charge in [0.25, 0.3) is 0 Å². The number of nitrogens with zero attached hydrogens (tertiary/aromatic N) is 3. The summed E-state index contributed by atoms with van der Waals surface area (Å²) in [4.78, 5) is 12.5. The predicted octanol–water partition coefficient (Wildman–Crippen LogP) is 5.63. The number of carbonyl (C=O) groups is 1. The molecule has 2 aromatic carbocycles. The first-order valence-electron chi connectivity index (χ1n) is 9.38. The summed E-state index contributed by atoms with van der Waals surface area (Å²) in [5.41, 5.74) is 1.98. The molecule has 1 heterocycles. The zero-order valence-corrected chi connectivity index (χ0v) is 18.6. The van der Waals surface area contributed by atoms with Crippen LogP contribution >= 0.6 is 35.0 Å². The molecular formula is C21H22Cl2N4OS. The average Bonchev–Trinajstić information content (AvgIpc) is 3.14. The van der Waals surface area contributed by atoms with E-state index in [9.17, 15) is 4.79 Å². The van der Waals surface area contributed by atoms with Crippen molar-refractivity contribution in [1.82, 2.24) is 20.1 Å². The molecular weight excluding hydrogens is 427 g/mol. The van der Waals surface area contributed by atoms with Gasteiger partial charge >= 0.3 is 0 Å². The van der Waals surface area contributed by atoms with Gasteiger partial charge in [0.15, 0.2) is 11.0 Å². The van der Waals surface area contributed by atoms with Crippen LogP contribution in [0.2, 0.25) is 10.0 Å². The zero-order chi connectivity index (χ0) is 20.8. The maximum atomic E-state index is 12.5. The Morgan fingerprint density at radius 3 is 2.24 bits per heavy atom. The lowest BCUT2D eigenvalue weighted by atomic mass is 10.0. The molecule has 1 amide bonds. The van der Waals surface area contributed by atoms with Gasteiger partial charge in [0.1, 0.15) is 0 Å². The molecule has 1 N–H and O–H groups in total. The van der Waals surface area contributed by atoms with Crippen LogP contribution in [0.25, 0.3) is 11.4 Å². The van der Waals surface area contributed by atoms with E-state index >= 15 is 0 Å². The number of thioether (sulfide) groups is 1. The van der Waals surface area contributed by atoms with Gasteiger partial charge in [-0.05, 0) is 55.3 Å². The molecule has 3 aromatic rings. The summed E-state index contributed by atoms with van der Waals surface area (Å²) in [6.45, 7) is 4.77. The number of carbonyl (C=O) groups excluding carboxylic acids is 1. The fourth-order valence-electron chi connectivity index (χ4n) is 2.98. The van der Waals surface area contributed by atoms with Crippen LogP contribution in [0, 0.1) is 0 Å². The van der Waals surface area contributed by atoms with Crippen molar-refractivity contribution in [2.75, 3.05) is 5.75 Å². The van der Waals surface area contributed by atoms with E-state index in [0.29, 0.717) is 21.7 Å². The minimum absolute atomic E-state index is 0.0458. The predicted molar refractivity (Wildman–Crippen MR) is 119 cm³/mol. The van der Waals surface area contributed by atoms with Crippen molar-refractivity contribution in [3.05, 3.63) is 64.1 Å². The number of halogens is 2. The highest BCUT2D eigenvalue weighted by molar-refractivity contribution is 7.99. The molecule has 5 nitrogen and oxygen atoms in total. The molecule has 1 unspecified atom stereocenters. The number of hydrogen-bond donors (Lipinski definition) is 1. The first-order chi connectivity index (χ1) is 14.0. The lowest BCUT2D eigenvalue weighted by Gasteiger charge is -2.17. The summed E-state index contributed by atoms with van der Waals surface area (Å²) >= 11 is 13.3. The van der Waals surface area contributed by atoms with Crippen molar-refractivity contribution >= 4 is 40.9 Å². The number of rotatable bonds is 8. The van der Waals surface area contributed by atoms with E-state index in [2.05, 4.69) is 15.5 Å². The van der Waals surface area contributed by atoms with Crippen LogP contribution in [0.15, 0.2) is 53.7 Å². The largest absolute Gasteiger partial charge is 0.349 e. The summed E-state index contributed by atoms with van der Waals surface area (Å²) in [7, 11) is 0. The topological polar surface area (TPSA) is 59.8 Å². The van der Waals surface area contributed by atoms with Gasteiger partial charge in [-0.25, -0.2) is 0 Å². The van der Waals surface area contributed by atoms with Gasteiger partial charge in [0.2, 0.25) is 5.91 Å². The van der Waals surface area contributed by atoms with Crippen molar-refractivity contribution in [3.8, 4) is 11.4 Å². The summed E-state index contributed by atoms with van der Waals surface area (Å²) < 4.78 is 2.00. The van der Waals surface area contributed by atoms with Crippen LogP contribution in [0.5, 0.6) is 0 Å². The quantitative estimate of drug-likeness (QED) is 0.453. The summed E-state index contributed by atoms with van der Waals surface area (Å²) in [5.74, 6) is 0.984. The summed E-state index contributed by atoms with van der Waals surface area (Å²) in [6, 6.07) is 15.0. The first kappa shape index (κ1) is 21.7. The van der Waals surface area contributed by atoms with E-state index in [1.807, 2.05) is 66.9 Å². The van der Waals surface area contributed by atoms with E-state index in [-0.39, 0.29) is 17.7 Å². The fourth-order valence-corrected chi connectivity index (χ4v) is 4.04. The van der Waals surface area contributed by atoms with Crippen molar-refractivity contribution in [3.63, 3.8) is 0 Å². The van der Waals surface area contributed by atoms with Crippen LogP contribution < -0.4 is 5.32 Å². The second-order valence-electron chi connectivity index (χ2n) is 6.43. The third-order valence-electron chi connectivity index (χ3n) is 4.48. The van der Waals surface area contributed by atoms with Gasteiger partial charge in [0, 0.05) is 22.2 Å². The molecule has 0 saturated heterocycles. The molecule has 0 bridgehead atoms. The Morgan fingerprint density at radius 2 is 1.66 bits per heavy atom.